The summed E-state index contributed by atoms with van der Waals surface area (Å²) < 4.78 is 23.4. The molecule has 1 aliphatic carbocycles. The van der Waals surface area contributed by atoms with Crippen LogP contribution in [0.5, 0.6) is 0 Å². The Morgan fingerprint density at radius 3 is 2.24 bits per heavy atom. The summed E-state index contributed by atoms with van der Waals surface area (Å²) in [6.45, 7) is 0. The molecule has 0 amide bonds. The molecule has 0 aromatic heterocycles. The molecule has 1 fully saturated rings. The lowest BCUT2D eigenvalue weighted by molar-refractivity contribution is 0.244. The number of hydrogen-bond donors (Lipinski definition) is 1. The minimum atomic E-state index is -3.18. The number of benzene rings is 1. The van der Waals surface area contributed by atoms with Gasteiger partial charge in [-0.15, -0.1) is 0 Å². The van der Waals surface area contributed by atoms with E-state index in [-0.39, 0.29) is 5.78 Å². The van der Waals surface area contributed by atoms with Gasteiger partial charge in [0.1, 0.15) is 5.78 Å². The van der Waals surface area contributed by atoms with Gasteiger partial charge in [-0.05, 0) is 43.0 Å². The molecule has 21 heavy (non-hydrogen) atoms. The van der Waals surface area contributed by atoms with E-state index in [1.54, 1.807) is 0 Å². The zero-order chi connectivity index (χ0) is 15.3. The van der Waals surface area contributed by atoms with Crippen molar-refractivity contribution in [2.75, 3.05) is 19.5 Å². The van der Waals surface area contributed by atoms with Gasteiger partial charge in [-0.3, -0.25) is 4.57 Å². The first-order valence-corrected chi connectivity index (χ1v) is 9.31. The first-order chi connectivity index (χ1) is 10.1. The third-order valence-corrected chi connectivity index (χ3v) is 6.61. The van der Waals surface area contributed by atoms with E-state index in [1.807, 2.05) is 24.3 Å². The lowest BCUT2D eigenvalue weighted by Crippen LogP contribution is -2.31. The second kappa shape index (κ2) is 7.64. The van der Waals surface area contributed by atoms with Gasteiger partial charge in [0.2, 0.25) is 0 Å². The van der Waals surface area contributed by atoms with Crippen LogP contribution in [0.3, 0.4) is 0 Å². The van der Waals surface area contributed by atoms with Crippen LogP contribution in [0.2, 0.25) is 5.02 Å². The van der Waals surface area contributed by atoms with Crippen LogP contribution >= 0.6 is 19.2 Å². The number of nitrogens with one attached hydrogen (secondary N) is 1. The molecule has 1 N–H and O–H groups in total. The molecule has 1 saturated carbocycles. The maximum atomic E-state index is 12.9. The Labute approximate surface area is 131 Å². The van der Waals surface area contributed by atoms with Crippen molar-refractivity contribution in [3.63, 3.8) is 0 Å². The molecule has 1 aromatic rings. The van der Waals surface area contributed by atoms with Crippen LogP contribution in [0.15, 0.2) is 24.3 Å². The number of anilines is 1. The van der Waals surface area contributed by atoms with Gasteiger partial charge in [0.05, 0.1) is 0 Å². The van der Waals surface area contributed by atoms with Crippen LogP contribution in [-0.4, -0.2) is 20.0 Å². The van der Waals surface area contributed by atoms with Gasteiger partial charge in [0, 0.05) is 24.9 Å². The summed E-state index contributed by atoms with van der Waals surface area (Å²) in [6, 6.07) is 7.39. The SMILES string of the molecule is COP(=O)(OC)C(Nc1ccc(Cl)cc1)C1CCCCC1. The molecule has 1 aromatic carbocycles. The quantitative estimate of drug-likeness (QED) is 0.733. The highest BCUT2D eigenvalue weighted by Crippen LogP contribution is 2.56. The second-order valence-electron chi connectivity index (χ2n) is 5.40. The van der Waals surface area contributed by atoms with Gasteiger partial charge in [-0.2, -0.15) is 0 Å². The molecule has 2 rings (SSSR count). The molecule has 0 heterocycles. The van der Waals surface area contributed by atoms with Gasteiger partial charge < -0.3 is 14.4 Å². The highest BCUT2D eigenvalue weighted by Gasteiger charge is 2.40. The van der Waals surface area contributed by atoms with Crippen LogP contribution in [0.1, 0.15) is 32.1 Å². The van der Waals surface area contributed by atoms with E-state index in [1.165, 1.54) is 20.6 Å². The predicted octanol–water partition coefficient (Wildman–Crippen LogP) is 5.14. The second-order valence-corrected chi connectivity index (χ2v) is 8.20. The number of rotatable bonds is 6. The summed E-state index contributed by atoms with van der Waals surface area (Å²) in [7, 11) is -0.285. The zero-order valence-corrected chi connectivity index (χ0v) is 14.2. The van der Waals surface area contributed by atoms with Crippen LogP contribution < -0.4 is 5.32 Å². The maximum absolute atomic E-state index is 12.9. The molecule has 0 spiro atoms. The molecule has 4 nitrogen and oxygen atoms in total. The van der Waals surface area contributed by atoms with Crippen LogP contribution in [-0.2, 0) is 13.6 Å². The van der Waals surface area contributed by atoms with Crippen molar-refractivity contribution >= 4 is 24.9 Å². The highest BCUT2D eigenvalue weighted by molar-refractivity contribution is 7.54. The molecule has 1 unspecified atom stereocenters. The predicted molar refractivity (Wildman–Crippen MR) is 87.1 cm³/mol. The number of hydrogen-bond acceptors (Lipinski definition) is 4. The van der Waals surface area contributed by atoms with Crippen molar-refractivity contribution in [1.82, 2.24) is 0 Å². The summed E-state index contributed by atoms with van der Waals surface area (Å²) in [5.41, 5.74) is 0.879. The molecule has 6 heteroatoms. The average molecular weight is 332 g/mol. The first kappa shape index (κ1) is 16.8. The minimum absolute atomic E-state index is 0.292. The van der Waals surface area contributed by atoms with Gasteiger partial charge in [-0.1, -0.05) is 30.9 Å². The molecular weight excluding hydrogens is 309 g/mol. The van der Waals surface area contributed by atoms with Gasteiger partial charge in [0.25, 0.3) is 0 Å². The number of halogens is 1. The van der Waals surface area contributed by atoms with Crippen LogP contribution in [0.25, 0.3) is 0 Å². The van der Waals surface area contributed by atoms with Crippen molar-refractivity contribution in [2.24, 2.45) is 5.92 Å². The summed E-state index contributed by atoms with van der Waals surface area (Å²) in [4.78, 5) is 0. The Kier molecular flexibility index (Phi) is 6.12. The van der Waals surface area contributed by atoms with Gasteiger partial charge >= 0.3 is 7.60 Å². The summed E-state index contributed by atoms with van der Waals surface area (Å²) in [6.07, 6.45) is 5.66. The van der Waals surface area contributed by atoms with E-state index in [9.17, 15) is 4.57 Å². The van der Waals surface area contributed by atoms with Crippen molar-refractivity contribution in [2.45, 2.75) is 37.9 Å². The summed E-state index contributed by atoms with van der Waals surface area (Å²) in [5, 5.41) is 4.02. The molecule has 0 saturated heterocycles. The van der Waals surface area contributed by atoms with E-state index in [4.69, 9.17) is 20.6 Å². The molecular formula is C15H23ClNO3P. The Morgan fingerprint density at radius 2 is 1.71 bits per heavy atom. The summed E-state index contributed by atoms with van der Waals surface area (Å²) in [5.74, 6) is -0.0332. The lowest BCUT2D eigenvalue weighted by Gasteiger charge is -2.34. The minimum Gasteiger partial charge on any atom is -0.371 e. The standard InChI is InChI=1S/C15H23ClNO3P/c1-19-21(18,20-2)15(12-6-4-3-5-7-12)17-14-10-8-13(16)9-11-14/h8-12,15,17H,3-7H2,1-2H3. The van der Waals surface area contributed by atoms with E-state index >= 15 is 0 Å². The average Bonchev–Trinajstić information content (AvgIpc) is 2.54. The Hall–Kier alpha value is -0.540. The fourth-order valence-electron chi connectivity index (χ4n) is 2.92. The molecule has 0 bridgehead atoms. The largest absolute Gasteiger partial charge is 0.371 e. The summed E-state index contributed by atoms with van der Waals surface area (Å²) >= 11 is 5.91. The molecule has 0 radical (unpaired) electrons. The van der Waals surface area contributed by atoms with Crippen LogP contribution in [0.4, 0.5) is 5.69 Å². The van der Waals surface area contributed by atoms with E-state index in [2.05, 4.69) is 5.32 Å². The maximum Gasteiger partial charge on any atom is 0.352 e. The fraction of sp³-hybridized carbons (Fsp3) is 0.600. The molecule has 1 atom stereocenters. The lowest BCUT2D eigenvalue weighted by atomic mass is 9.89. The van der Waals surface area contributed by atoms with Crippen molar-refractivity contribution in [1.29, 1.82) is 0 Å². The van der Waals surface area contributed by atoms with E-state index < -0.39 is 7.60 Å². The smallest absolute Gasteiger partial charge is 0.352 e. The van der Waals surface area contributed by atoms with Crippen molar-refractivity contribution in [3.05, 3.63) is 29.3 Å². The topological polar surface area (TPSA) is 47.6 Å². The van der Waals surface area contributed by atoms with Gasteiger partial charge in [0.15, 0.2) is 0 Å². The fourth-order valence-corrected chi connectivity index (χ4v) is 4.77. The van der Waals surface area contributed by atoms with E-state index in [0.717, 1.165) is 31.4 Å². The van der Waals surface area contributed by atoms with Crippen molar-refractivity contribution < 1.29 is 13.6 Å². The third kappa shape index (κ3) is 4.23. The Bertz CT molecular complexity index is 480. The van der Waals surface area contributed by atoms with Crippen LogP contribution in [0, 0.1) is 5.92 Å². The molecule has 1 aliphatic rings. The first-order valence-electron chi connectivity index (χ1n) is 7.32. The third-order valence-electron chi connectivity index (χ3n) is 4.10. The highest BCUT2D eigenvalue weighted by atomic mass is 35.5. The van der Waals surface area contributed by atoms with Crippen molar-refractivity contribution in [3.8, 4) is 0 Å². The monoisotopic (exact) mass is 331 g/mol. The molecule has 118 valence electrons. The molecule has 0 aliphatic heterocycles. The van der Waals surface area contributed by atoms with E-state index in [0.29, 0.717) is 10.9 Å². The Balaban J connectivity index is 2.22. The Morgan fingerprint density at radius 1 is 1.14 bits per heavy atom. The zero-order valence-electron chi connectivity index (χ0n) is 12.5. The van der Waals surface area contributed by atoms with Gasteiger partial charge in [-0.25, -0.2) is 0 Å². The normalized spacial score (nSPS) is 18.4.